The lowest BCUT2D eigenvalue weighted by Crippen LogP contribution is -2.31. The van der Waals surface area contributed by atoms with Gasteiger partial charge in [-0.1, -0.05) is 32.6 Å². The first kappa shape index (κ1) is 10.5. The third-order valence-electron chi connectivity index (χ3n) is 2.89. The molecule has 0 aromatic heterocycles. The normalized spacial score (nSPS) is 18.3. The van der Waals surface area contributed by atoms with Crippen molar-refractivity contribution in [3.8, 4) is 0 Å². The largest absolute Gasteiger partial charge is 0.294 e. The van der Waals surface area contributed by atoms with Crippen LogP contribution in [0.2, 0.25) is 0 Å². The number of hydrogen-bond donors (Lipinski definition) is 2. The summed E-state index contributed by atoms with van der Waals surface area (Å²) in [6.45, 7) is 2.14. The number of carbonyl (C=O) groups is 1. The Morgan fingerprint density at radius 1 is 1.62 bits per heavy atom. The van der Waals surface area contributed by atoms with Crippen molar-refractivity contribution in [2.45, 2.75) is 45.4 Å². The van der Waals surface area contributed by atoms with Crippen molar-refractivity contribution < 1.29 is 4.79 Å². The van der Waals surface area contributed by atoms with Crippen molar-refractivity contribution >= 4 is 5.91 Å². The molecule has 1 fully saturated rings. The van der Waals surface area contributed by atoms with Crippen LogP contribution in [0.15, 0.2) is 0 Å². The molecule has 0 radical (unpaired) electrons. The van der Waals surface area contributed by atoms with Crippen LogP contribution in [0, 0.1) is 11.8 Å². The van der Waals surface area contributed by atoms with Crippen LogP contribution in [0.5, 0.6) is 0 Å². The van der Waals surface area contributed by atoms with Gasteiger partial charge in [0.2, 0.25) is 5.91 Å². The SMILES string of the molecule is CCC(CCC1CC1)CC(=O)NN. The highest BCUT2D eigenvalue weighted by Gasteiger charge is 2.22. The van der Waals surface area contributed by atoms with Gasteiger partial charge in [-0.3, -0.25) is 10.2 Å². The van der Waals surface area contributed by atoms with Crippen molar-refractivity contribution in [3.63, 3.8) is 0 Å². The molecule has 1 unspecified atom stereocenters. The van der Waals surface area contributed by atoms with E-state index in [1.54, 1.807) is 0 Å². The van der Waals surface area contributed by atoms with Crippen LogP contribution in [-0.2, 0) is 4.79 Å². The van der Waals surface area contributed by atoms with Gasteiger partial charge in [-0.15, -0.1) is 0 Å². The molecule has 0 saturated heterocycles. The summed E-state index contributed by atoms with van der Waals surface area (Å²) in [6.07, 6.45) is 6.98. The lowest BCUT2D eigenvalue weighted by Gasteiger charge is -2.12. The first-order chi connectivity index (χ1) is 6.26. The topological polar surface area (TPSA) is 55.1 Å². The zero-order chi connectivity index (χ0) is 9.68. The van der Waals surface area contributed by atoms with E-state index in [0.29, 0.717) is 12.3 Å². The Balaban J connectivity index is 2.12. The van der Waals surface area contributed by atoms with E-state index in [2.05, 4.69) is 12.3 Å². The number of carbonyl (C=O) groups excluding carboxylic acids is 1. The minimum atomic E-state index is -0.0253. The van der Waals surface area contributed by atoms with Gasteiger partial charge in [-0.2, -0.15) is 0 Å². The van der Waals surface area contributed by atoms with Crippen molar-refractivity contribution in [2.24, 2.45) is 17.7 Å². The van der Waals surface area contributed by atoms with Crippen LogP contribution in [0.1, 0.15) is 45.4 Å². The predicted octanol–water partition coefficient (Wildman–Crippen LogP) is 1.58. The summed E-state index contributed by atoms with van der Waals surface area (Å²) < 4.78 is 0. The van der Waals surface area contributed by atoms with Crippen LogP contribution in [0.3, 0.4) is 0 Å². The molecule has 1 saturated carbocycles. The zero-order valence-corrected chi connectivity index (χ0v) is 8.38. The molecule has 3 heteroatoms. The summed E-state index contributed by atoms with van der Waals surface area (Å²) in [5.74, 6) is 6.52. The van der Waals surface area contributed by atoms with Crippen molar-refractivity contribution in [1.29, 1.82) is 0 Å². The monoisotopic (exact) mass is 184 g/mol. The Morgan fingerprint density at radius 3 is 2.77 bits per heavy atom. The summed E-state index contributed by atoms with van der Waals surface area (Å²) in [6, 6.07) is 0. The second-order valence-electron chi connectivity index (χ2n) is 4.07. The minimum absolute atomic E-state index is 0.0253. The van der Waals surface area contributed by atoms with Gasteiger partial charge >= 0.3 is 0 Å². The highest BCUT2D eigenvalue weighted by atomic mass is 16.2. The molecular formula is C10H20N2O. The molecule has 0 heterocycles. The molecule has 0 aliphatic heterocycles. The van der Waals surface area contributed by atoms with Gasteiger partial charge in [0.15, 0.2) is 0 Å². The first-order valence-electron chi connectivity index (χ1n) is 5.25. The molecular weight excluding hydrogens is 164 g/mol. The van der Waals surface area contributed by atoms with E-state index in [-0.39, 0.29) is 5.91 Å². The maximum absolute atomic E-state index is 11.0. The fourth-order valence-corrected chi connectivity index (χ4v) is 1.65. The lowest BCUT2D eigenvalue weighted by molar-refractivity contribution is -0.122. The number of amides is 1. The fourth-order valence-electron chi connectivity index (χ4n) is 1.65. The molecule has 1 amide bonds. The third kappa shape index (κ3) is 4.27. The molecule has 1 rings (SSSR count). The van der Waals surface area contributed by atoms with Gasteiger partial charge in [-0.05, 0) is 18.3 Å². The lowest BCUT2D eigenvalue weighted by atomic mass is 9.95. The Labute approximate surface area is 80.0 Å². The Kier molecular flexibility index (Phi) is 4.22. The first-order valence-corrected chi connectivity index (χ1v) is 5.25. The number of nitrogens with two attached hydrogens (primary N) is 1. The maximum atomic E-state index is 11.0. The molecule has 3 N–H and O–H groups in total. The number of rotatable bonds is 6. The number of hydrazine groups is 1. The van der Waals surface area contributed by atoms with Crippen molar-refractivity contribution in [1.82, 2.24) is 5.43 Å². The minimum Gasteiger partial charge on any atom is -0.294 e. The van der Waals surface area contributed by atoms with E-state index in [9.17, 15) is 4.79 Å². The van der Waals surface area contributed by atoms with Crippen LogP contribution in [0.4, 0.5) is 0 Å². The number of nitrogens with one attached hydrogen (secondary N) is 1. The van der Waals surface area contributed by atoms with E-state index in [4.69, 9.17) is 5.84 Å². The van der Waals surface area contributed by atoms with Crippen molar-refractivity contribution in [3.05, 3.63) is 0 Å². The van der Waals surface area contributed by atoms with E-state index in [1.807, 2.05) is 0 Å². The van der Waals surface area contributed by atoms with Gasteiger partial charge in [-0.25, -0.2) is 5.84 Å². The summed E-state index contributed by atoms with van der Waals surface area (Å²) in [7, 11) is 0. The highest BCUT2D eigenvalue weighted by molar-refractivity contribution is 5.75. The van der Waals surface area contributed by atoms with Gasteiger partial charge in [0.25, 0.3) is 0 Å². The van der Waals surface area contributed by atoms with Gasteiger partial charge in [0, 0.05) is 6.42 Å². The summed E-state index contributed by atoms with van der Waals surface area (Å²) in [5, 5.41) is 0. The fraction of sp³-hybridized carbons (Fsp3) is 0.900. The van der Waals surface area contributed by atoms with E-state index >= 15 is 0 Å². The van der Waals surface area contributed by atoms with Gasteiger partial charge in [0.1, 0.15) is 0 Å². The highest BCUT2D eigenvalue weighted by Crippen LogP contribution is 2.35. The van der Waals surface area contributed by atoms with E-state index in [0.717, 1.165) is 12.3 Å². The smallest absolute Gasteiger partial charge is 0.234 e. The Hall–Kier alpha value is -0.570. The molecule has 13 heavy (non-hydrogen) atoms. The van der Waals surface area contributed by atoms with Gasteiger partial charge < -0.3 is 0 Å². The molecule has 0 aromatic carbocycles. The summed E-state index contributed by atoms with van der Waals surface area (Å²) in [4.78, 5) is 11.0. The molecule has 1 atom stereocenters. The second-order valence-corrected chi connectivity index (χ2v) is 4.07. The predicted molar refractivity (Wildman–Crippen MR) is 52.7 cm³/mol. The molecule has 1 aliphatic carbocycles. The number of hydrogen-bond acceptors (Lipinski definition) is 2. The quantitative estimate of drug-likeness (QED) is 0.374. The Morgan fingerprint density at radius 2 is 2.31 bits per heavy atom. The summed E-state index contributed by atoms with van der Waals surface area (Å²) in [5.41, 5.74) is 2.19. The van der Waals surface area contributed by atoms with Crippen LogP contribution >= 0.6 is 0 Å². The average molecular weight is 184 g/mol. The average Bonchev–Trinajstić information content (AvgIpc) is 2.95. The standard InChI is InChI=1S/C10H20N2O/c1-2-8(7-10(13)12-11)3-4-9-5-6-9/h8-9H,2-7,11H2,1H3,(H,12,13). The van der Waals surface area contributed by atoms with Crippen LogP contribution < -0.4 is 11.3 Å². The van der Waals surface area contributed by atoms with E-state index < -0.39 is 0 Å². The molecule has 1 aliphatic rings. The van der Waals surface area contributed by atoms with Crippen LogP contribution in [0.25, 0.3) is 0 Å². The van der Waals surface area contributed by atoms with Crippen LogP contribution in [-0.4, -0.2) is 5.91 Å². The van der Waals surface area contributed by atoms with E-state index in [1.165, 1.54) is 25.7 Å². The zero-order valence-electron chi connectivity index (χ0n) is 8.38. The molecule has 0 bridgehead atoms. The summed E-state index contributed by atoms with van der Waals surface area (Å²) >= 11 is 0. The third-order valence-corrected chi connectivity index (χ3v) is 2.89. The molecule has 3 nitrogen and oxygen atoms in total. The Bertz CT molecular complexity index is 166. The molecule has 0 spiro atoms. The van der Waals surface area contributed by atoms with Crippen molar-refractivity contribution in [2.75, 3.05) is 0 Å². The van der Waals surface area contributed by atoms with Gasteiger partial charge in [0.05, 0.1) is 0 Å². The second kappa shape index (κ2) is 5.22. The maximum Gasteiger partial charge on any atom is 0.234 e. The molecule has 0 aromatic rings. The molecule has 76 valence electrons.